The number of hydrogen-bond acceptors (Lipinski definition) is 1. The van der Waals surface area contributed by atoms with Crippen LogP contribution in [-0.2, 0) is 4.74 Å². The van der Waals surface area contributed by atoms with E-state index in [2.05, 4.69) is 13.8 Å². The van der Waals surface area contributed by atoms with Crippen LogP contribution in [-0.4, -0.2) is 25.1 Å². The van der Waals surface area contributed by atoms with E-state index in [1.807, 2.05) is 0 Å². The molecule has 4 atom stereocenters. The molecule has 2 rings (SSSR count). The highest BCUT2D eigenvalue weighted by atomic mass is 19.2. The molecule has 0 aromatic heterocycles. The van der Waals surface area contributed by atoms with Gasteiger partial charge in [0.2, 0.25) is 0 Å². The van der Waals surface area contributed by atoms with Gasteiger partial charge in [-0.2, -0.15) is 0 Å². The first-order valence-electron chi connectivity index (χ1n) is 8.53. The van der Waals surface area contributed by atoms with Gasteiger partial charge in [-0.3, -0.25) is 0 Å². The van der Waals surface area contributed by atoms with E-state index in [9.17, 15) is 8.78 Å². The summed E-state index contributed by atoms with van der Waals surface area (Å²) < 4.78 is 34.2. The summed E-state index contributed by atoms with van der Waals surface area (Å²) in [7, 11) is 0. The van der Waals surface area contributed by atoms with Crippen molar-refractivity contribution in [1.29, 1.82) is 0 Å². The maximum Gasteiger partial charge on any atom is 0.157 e. The van der Waals surface area contributed by atoms with E-state index < -0.39 is 18.4 Å². The first kappa shape index (κ1) is 16.2. The molecule has 0 aliphatic heterocycles. The Bertz CT molecular complexity index is 276. The van der Waals surface area contributed by atoms with E-state index in [0.29, 0.717) is 18.9 Å². The van der Waals surface area contributed by atoms with Crippen molar-refractivity contribution in [3.63, 3.8) is 0 Å². The van der Waals surface area contributed by atoms with Gasteiger partial charge < -0.3 is 4.74 Å². The van der Waals surface area contributed by atoms with E-state index in [1.54, 1.807) is 0 Å². The van der Waals surface area contributed by atoms with Crippen LogP contribution in [0.1, 0.15) is 65.2 Å². The van der Waals surface area contributed by atoms with Gasteiger partial charge in [-0.25, -0.2) is 8.78 Å². The van der Waals surface area contributed by atoms with Crippen LogP contribution in [0.2, 0.25) is 0 Å². The number of hydrogen-bond donors (Lipinski definition) is 0. The third-order valence-electron chi connectivity index (χ3n) is 5.35. The van der Waals surface area contributed by atoms with Gasteiger partial charge in [-0.15, -0.1) is 0 Å². The average Bonchev–Trinajstić information content (AvgIpc) is 2.45. The van der Waals surface area contributed by atoms with Crippen LogP contribution in [0.5, 0.6) is 0 Å². The summed E-state index contributed by atoms with van der Waals surface area (Å²) in [6, 6.07) is 0. The lowest BCUT2D eigenvalue weighted by Gasteiger charge is -2.40. The van der Waals surface area contributed by atoms with Crippen LogP contribution in [0.15, 0.2) is 0 Å². The van der Waals surface area contributed by atoms with Gasteiger partial charge in [0.05, 0.1) is 6.10 Å². The molecule has 0 aromatic rings. The van der Waals surface area contributed by atoms with Crippen LogP contribution in [0.3, 0.4) is 0 Å². The molecule has 2 aliphatic rings. The highest BCUT2D eigenvalue weighted by Gasteiger charge is 2.44. The molecule has 2 aliphatic carbocycles. The Kier molecular flexibility index (Phi) is 6.25. The molecule has 0 N–H and O–H groups in total. The maximum atomic E-state index is 14.4. The zero-order valence-corrected chi connectivity index (χ0v) is 13.0. The molecule has 3 heteroatoms. The topological polar surface area (TPSA) is 9.23 Å². The largest absolute Gasteiger partial charge is 0.375 e. The Hall–Kier alpha value is -0.180. The average molecular weight is 288 g/mol. The monoisotopic (exact) mass is 288 g/mol. The minimum atomic E-state index is -1.41. The minimum absolute atomic E-state index is 0.0662. The Labute approximate surface area is 122 Å². The van der Waals surface area contributed by atoms with Crippen LogP contribution in [0.25, 0.3) is 0 Å². The maximum absolute atomic E-state index is 14.4. The molecule has 4 unspecified atom stereocenters. The summed E-state index contributed by atoms with van der Waals surface area (Å²) in [6.07, 6.45) is 4.77. The van der Waals surface area contributed by atoms with Crippen LogP contribution in [0, 0.1) is 17.8 Å². The van der Waals surface area contributed by atoms with Gasteiger partial charge in [0.15, 0.2) is 6.17 Å². The Morgan fingerprint density at radius 1 is 0.950 bits per heavy atom. The molecule has 2 fully saturated rings. The molecule has 0 spiro atoms. The van der Waals surface area contributed by atoms with Gasteiger partial charge in [0, 0.05) is 6.61 Å². The first-order valence-corrected chi connectivity index (χ1v) is 8.53. The second kappa shape index (κ2) is 7.72. The number of unbranched alkanes of at least 4 members (excludes halogenated alkanes) is 1. The molecule has 118 valence electrons. The predicted molar refractivity (Wildman–Crippen MR) is 78.3 cm³/mol. The van der Waals surface area contributed by atoms with Gasteiger partial charge in [-0.1, -0.05) is 33.1 Å². The molecule has 0 heterocycles. The Morgan fingerprint density at radius 3 is 2.30 bits per heavy atom. The van der Waals surface area contributed by atoms with Crippen molar-refractivity contribution < 1.29 is 13.5 Å². The fourth-order valence-corrected chi connectivity index (χ4v) is 3.88. The molecule has 20 heavy (non-hydrogen) atoms. The van der Waals surface area contributed by atoms with Gasteiger partial charge in [0.1, 0.15) is 6.17 Å². The highest BCUT2D eigenvalue weighted by Crippen LogP contribution is 2.42. The van der Waals surface area contributed by atoms with Crippen LogP contribution in [0.4, 0.5) is 8.78 Å². The van der Waals surface area contributed by atoms with E-state index in [0.717, 1.165) is 38.0 Å². The fraction of sp³-hybridized carbons (Fsp3) is 1.00. The third-order valence-corrected chi connectivity index (χ3v) is 5.35. The lowest BCUT2D eigenvalue weighted by atomic mass is 9.69. The summed E-state index contributed by atoms with van der Waals surface area (Å²) in [5.41, 5.74) is 0. The van der Waals surface area contributed by atoms with E-state index >= 15 is 0 Å². The smallest absolute Gasteiger partial charge is 0.157 e. The molecule has 0 amide bonds. The van der Waals surface area contributed by atoms with Crippen molar-refractivity contribution in [2.75, 3.05) is 6.61 Å². The first-order chi connectivity index (χ1) is 9.63. The van der Waals surface area contributed by atoms with E-state index in [4.69, 9.17) is 4.74 Å². The standard InChI is InChI=1S/C17H30F2O/c1-3-4-11-20-15-10-9-14(16(18)17(15)19)13-7-5-12(2)6-8-13/h12-17H,3-11H2,1-2H3. The van der Waals surface area contributed by atoms with E-state index in [1.165, 1.54) is 12.8 Å². The second-order valence-corrected chi connectivity index (χ2v) is 6.91. The lowest BCUT2D eigenvalue weighted by molar-refractivity contribution is -0.0876. The van der Waals surface area contributed by atoms with Gasteiger partial charge >= 0.3 is 0 Å². The van der Waals surface area contributed by atoms with Crippen molar-refractivity contribution in [3.05, 3.63) is 0 Å². The summed E-state index contributed by atoms with van der Waals surface area (Å²) in [5.74, 6) is 1.10. The van der Waals surface area contributed by atoms with Crippen LogP contribution < -0.4 is 0 Å². The molecule has 0 bridgehead atoms. The number of halogens is 2. The zero-order valence-electron chi connectivity index (χ0n) is 13.0. The molecule has 1 nitrogen and oxygen atoms in total. The molecule has 2 saturated carbocycles. The summed E-state index contributed by atoms with van der Waals surface area (Å²) in [4.78, 5) is 0. The predicted octanol–water partition coefficient (Wildman–Crippen LogP) is 5.08. The number of rotatable bonds is 5. The molecule has 0 saturated heterocycles. The van der Waals surface area contributed by atoms with Crippen molar-refractivity contribution in [2.24, 2.45) is 17.8 Å². The molecule has 0 radical (unpaired) electrons. The summed E-state index contributed by atoms with van der Waals surface area (Å²) in [5, 5.41) is 0. The number of alkyl halides is 2. The highest BCUT2D eigenvalue weighted by molar-refractivity contribution is 4.92. The number of ether oxygens (including phenoxy) is 1. The normalized spacial score (nSPS) is 42.6. The van der Waals surface area contributed by atoms with Crippen molar-refractivity contribution >= 4 is 0 Å². The zero-order chi connectivity index (χ0) is 14.5. The molecular formula is C17H30F2O. The Morgan fingerprint density at radius 2 is 1.65 bits per heavy atom. The van der Waals surface area contributed by atoms with Crippen molar-refractivity contribution in [2.45, 2.75) is 83.7 Å². The SMILES string of the molecule is CCCCOC1CCC(C2CCC(C)CC2)C(F)C1F. The Balaban J connectivity index is 1.83. The second-order valence-electron chi connectivity index (χ2n) is 6.91. The summed E-state index contributed by atoms with van der Waals surface area (Å²) >= 11 is 0. The fourth-order valence-electron chi connectivity index (χ4n) is 3.88. The summed E-state index contributed by atoms with van der Waals surface area (Å²) in [6.45, 7) is 4.91. The van der Waals surface area contributed by atoms with Crippen molar-refractivity contribution in [3.8, 4) is 0 Å². The van der Waals surface area contributed by atoms with Gasteiger partial charge in [-0.05, 0) is 49.9 Å². The minimum Gasteiger partial charge on any atom is -0.375 e. The third kappa shape index (κ3) is 3.93. The quantitative estimate of drug-likeness (QED) is 0.641. The molecule has 0 aromatic carbocycles. The molecular weight excluding hydrogens is 258 g/mol. The van der Waals surface area contributed by atoms with E-state index in [-0.39, 0.29) is 5.92 Å². The van der Waals surface area contributed by atoms with Crippen LogP contribution >= 0.6 is 0 Å². The lowest BCUT2D eigenvalue weighted by Crippen LogP contribution is -2.45. The van der Waals surface area contributed by atoms with Gasteiger partial charge in [0.25, 0.3) is 0 Å². The van der Waals surface area contributed by atoms with Crippen molar-refractivity contribution in [1.82, 2.24) is 0 Å².